The maximum atomic E-state index is 13.6. The summed E-state index contributed by atoms with van der Waals surface area (Å²) in [5, 5.41) is 3.02. The Hall–Kier alpha value is -3.50. The normalized spacial score (nSPS) is 11.1. The predicted molar refractivity (Wildman–Crippen MR) is 130 cm³/mol. The highest BCUT2D eigenvalue weighted by atomic mass is 32.1. The van der Waals surface area contributed by atoms with E-state index in [0.29, 0.717) is 13.0 Å². The highest BCUT2D eigenvalue weighted by Crippen LogP contribution is 2.32. The number of anilines is 1. The Kier molecular flexibility index (Phi) is 5.23. The molecule has 3 nitrogen and oxygen atoms in total. The average Bonchev–Trinajstić information content (AvgIpc) is 3.24. The molecule has 0 unspecified atom stereocenters. The quantitative estimate of drug-likeness (QED) is 0.322. The molecule has 0 atom stereocenters. The van der Waals surface area contributed by atoms with Crippen LogP contribution in [0.3, 0.4) is 0 Å². The second-order valence-corrected chi connectivity index (χ2v) is 8.71. The number of benzene rings is 4. The number of aromatic nitrogens is 1. The smallest absolute Gasteiger partial charge is 0.233 e. The number of hydrogen-bond acceptors (Lipinski definition) is 3. The zero-order valence-electron chi connectivity index (χ0n) is 17.3. The van der Waals surface area contributed by atoms with Crippen LogP contribution in [-0.4, -0.2) is 10.9 Å². The number of fused-ring (bicyclic) bond motifs is 2. The molecule has 5 rings (SSSR count). The third-order valence-electron chi connectivity index (χ3n) is 5.55. The Balaban J connectivity index is 1.54. The van der Waals surface area contributed by atoms with Gasteiger partial charge in [0.05, 0.1) is 23.2 Å². The van der Waals surface area contributed by atoms with Gasteiger partial charge in [-0.05, 0) is 40.5 Å². The first-order chi connectivity index (χ1) is 15.2. The fraction of sp³-hybridized carbons (Fsp3) is 0.111. The molecule has 0 saturated carbocycles. The number of hydrogen-bond donors (Lipinski definition) is 0. The van der Waals surface area contributed by atoms with Crippen LogP contribution in [0.15, 0.2) is 91.0 Å². The van der Waals surface area contributed by atoms with Gasteiger partial charge in [0, 0.05) is 0 Å². The van der Waals surface area contributed by atoms with E-state index in [2.05, 4.69) is 49.4 Å². The number of carbonyl (C=O) groups is 1. The molecule has 0 aliphatic carbocycles. The van der Waals surface area contributed by atoms with E-state index in [9.17, 15) is 4.79 Å². The van der Waals surface area contributed by atoms with Crippen molar-refractivity contribution in [1.82, 2.24) is 4.98 Å². The minimum atomic E-state index is 0.0527. The van der Waals surface area contributed by atoms with Crippen LogP contribution in [0.1, 0.15) is 16.7 Å². The average molecular weight is 423 g/mol. The number of amides is 1. The third-order valence-corrected chi connectivity index (χ3v) is 6.59. The summed E-state index contributed by atoms with van der Waals surface area (Å²) in [5.74, 6) is 0.0527. The fourth-order valence-corrected chi connectivity index (χ4v) is 4.98. The molecule has 0 saturated heterocycles. The van der Waals surface area contributed by atoms with E-state index in [0.717, 1.165) is 42.8 Å². The molecule has 1 amide bonds. The molecule has 0 radical (unpaired) electrons. The number of carbonyl (C=O) groups excluding carboxylic acids is 1. The molecule has 4 heteroatoms. The van der Waals surface area contributed by atoms with Gasteiger partial charge in [0.25, 0.3) is 0 Å². The van der Waals surface area contributed by atoms with Crippen molar-refractivity contribution in [3.8, 4) is 0 Å². The maximum Gasteiger partial charge on any atom is 0.233 e. The second kappa shape index (κ2) is 8.32. The van der Waals surface area contributed by atoms with Crippen LogP contribution in [0.25, 0.3) is 21.0 Å². The zero-order valence-corrected chi connectivity index (χ0v) is 18.1. The molecule has 1 heterocycles. The van der Waals surface area contributed by atoms with Gasteiger partial charge >= 0.3 is 0 Å². The first-order valence-corrected chi connectivity index (χ1v) is 11.2. The monoisotopic (exact) mass is 422 g/mol. The lowest BCUT2D eigenvalue weighted by Gasteiger charge is -2.20. The van der Waals surface area contributed by atoms with Crippen molar-refractivity contribution >= 4 is 43.4 Å². The maximum absolute atomic E-state index is 13.6. The van der Waals surface area contributed by atoms with Crippen molar-refractivity contribution in [3.63, 3.8) is 0 Å². The van der Waals surface area contributed by atoms with Crippen molar-refractivity contribution < 1.29 is 4.79 Å². The lowest BCUT2D eigenvalue weighted by molar-refractivity contribution is -0.118. The molecule has 1 aromatic heterocycles. The third kappa shape index (κ3) is 3.94. The number of aryl methyl sites for hydroxylation is 1. The molecule has 0 N–H and O–H groups in total. The van der Waals surface area contributed by atoms with Crippen LogP contribution in [0.5, 0.6) is 0 Å². The zero-order chi connectivity index (χ0) is 21.2. The van der Waals surface area contributed by atoms with E-state index in [4.69, 9.17) is 4.98 Å². The number of thiazole rings is 1. The molecular weight excluding hydrogens is 400 g/mol. The highest BCUT2D eigenvalue weighted by molar-refractivity contribution is 7.22. The van der Waals surface area contributed by atoms with E-state index >= 15 is 0 Å². The lowest BCUT2D eigenvalue weighted by atomic mass is 10.0. The lowest BCUT2D eigenvalue weighted by Crippen LogP contribution is -2.31. The second-order valence-electron chi connectivity index (χ2n) is 7.70. The molecular formula is C27H22N2OS. The van der Waals surface area contributed by atoms with Gasteiger partial charge in [-0.2, -0.15) is 0 Å². The number of nitrogens with zero attached hydrogens (tertiary/aromatic N) is 2. The fourth-order valence-electron chi connectivity index (χ4n) is 3.92. The van der Waals surface area contributed by atoms with Crippen LogP contribution >= 0.6 is 11.3 Å². The first-order valence-electron chi connectivity index (χ1n) is 10.4. The molecule has 0 aliphatic rings. The molecule has 0 bridgehead atoms. The van der Waals surface area contributed by atoms with Crippen molar-refractivity contribution in [1.29, 1.82) is 0 Å². The molecule has 4 aromatic carbocycles. The van der Waals surface area contributed by atoms with Crippen LogP contribution in [-0.2, 0) is 17.8 Å². The van der Waals surface area contributed by atoms with Crippen LogP contribution < -0.4 is 4.90 Å². The van der Waals surface area contributed by atoms with E-state index in [-0.39, 0.29) is 5.91 Å². The first kappa shape index (κ1) is 19.5. The molecule has 0 spiro atoms. The Morgan fingerprint density at radius 2 is 1.61 bits per heavy atom. The van der Waals surface area contributed by atoms with Crippen molar-refractivity contribution in [2.24, 2.45) is 0 Å². The molecule has 0 aliphatic heterocycles. The van der Waals surface area contributed by atoms with E-state index in [1.165, 1.54) is 0 Å². The summed E-state index contributed by atoms with van der Waals surface area (Å²) in [5.41, 5.74) is 4.22. The van der Waals surface area contributed by atoms with Crippen molar-refractivity contribution in [3.05, 3.63) is 108 Å². The Morgan fingerprint density at radius 3 is 2.45 bits per heavy atom. The summed E-state index contributed by atoms with van der Waals surface area (Å²) < 4.78 is 1.10. The Bertz CT molecular complexity index is 1370. The summed E-state index contributed by atoms with van der Waals surface area (Å²) >= 11 is 1.58. The van der Waals surface area contributed by atoms with Gasteiger partial charge in [-0.15, -0.1) is 0 Å². The molecule has 152 valence electrons. The van der Waals surface area contributed by atoms with Crippen molar-refractivity contribution in [2.45, 2.75) is 19.9 Å². The van der Waals surface area contributed by atoms with Crippen molar-refractivity contribution in [2.75, 3.05) is 4.90 Å². The van der Waals surface area contributed by atoms with Gasteiger partial charge in [-0.3, -0.25) is 9.69 Å². The topological polar surface area (TPSA) is 33.2 Å². The summed E-state index contributed by atoms with van der Waals surface area (Å²) in [6, 6.07) is 30.6. The van der Waals surface area contributed by atoms with Crippen LogP contribution in [0.2, 0.25) is 0 Å². The standard InChI is InChI=1S/C27H22N2OS/c1-19-9-7-16-24-26(19)28-27(31-24)29(18-20-10-3-2-4-11-20)25(30)17-22-14-8-13-21-12-5-6-15-23(21)22/h2-16H,17-18H2,1H3. The van der Waals surface area contributed by atoms with E-state index in [1.54, 1.807) is 11.3 Å². The molecule has 0 fully saturated rings. The number of para-hydroxylation sites is 1. The van der Waals surface area contributed by atoms with Crippen LogP contribution in [0, 0.1) is 6.92 Å². The Morgan fingerprint density at radius 1 is 0.871 bits per heavy atom. The summed E-state index contributed by atoms with van der Waals surface area (Å²) in [7, 11) is 0. The minimum Gasteiger partial charge on any atom is -0.283 e. The Labute approximate surface area is 185 Å². The molecule has 5 aromatic rings. The van der Waals surface area contributed by atoms with Crippen LogP contribution in [0.4, 0.5) is 5.13 Å². The summed E-state index contributed by atoms with van der Waals surface area (Å²) in [4.78, 5) is 20.3. The summed E-state index contributed by atoms with van der Waals surface area (Å²) in [6.07, 6.45) is 0.336. The van der Waals surface area contributed by atoms with E-state index in [1.807, 2.05) is 53.4 Å². The largest absolute Gasteiger partial charge is 0.283 e. The number of rotatable bonds is 5. The van der Waals surface area contributed by atoms with Gasteiger partial charge in [0.2, 0.25) is 5.91 Å². The minimum absolute atomic E-state index is 0.0527. The molecule has 31 heavy (non-hydrogen) atoms. The summed E-state index contributed by atoms with van der Waals surface area (Å²) in [6.45, 7) is 2.56. The van der Waals surface area contributed by atoms with Gasteiger partial charge in [0.1, 0.15) is 0 Å². The van der Waals surface area contributed by atoms with Gasteiger partial charge in [0.15, 0.2) is 5.13 Å². The van der Waals surface area contributed by atoms with Gasteiger partial charge in [-0.1, -0.05) is 96.3 Å². The predicted octanol–water partition coefficient (Wildman–Crippen LogP) is 6.53. The highest BCUT2D eigenvalue weighted by Gasteiger charge is 2.21. The van der Waals surface area contributed by atoms with E-state index < -0.39 is 0 Å². The van der Waals surface area contributed by atoms with Gasteiger partial charge in [-0.25, -0.2) is 4.98 Å². The SMILES string of the molecule is Cc1cccc2sc(N(Cc3ccccc3)C(=O)Cc3cccc4ccccc34)nc12. The van der Waals surface area contributed by atoms with Gasteiger partial charge < -0.3 is 0 Å².